The minimum Gasteiger partial charge on any atom is -0.437 e. The summed E-state index contributed by atoms with van der Waals surface area (Å²) in [6.07, 6.45) is 3.96. The lowest BCUT2D eigenvalue weighted by atomic mass is 9.77. The molecule has 0 aromatic carbocycles. The van der Waals surface area contributed by atoms with Gasteiger partial charge in [0.15, 0.2) is 11.3 Å². The monoisotopic (exact) mass is 276 g/mol. The number of rotatable bonds is 1. The van der Waals surface area contributed by atoms with Crippen molar-refractivity contribution in [1.82, 2.24) is 4.98 Å². The molecule has 0 radical (unpaired) electrons. The second-order valence-corrected chi connectivity index (χ2v) is 5.92. The van der Waals surface area contributed by atoms with E-state index in [0.717, 1.165) is 25.0 Å². The first-order valence-electron chi connectivity index (χ1n) is 7.16. The molecule has 1 N–H and O–H groups in total. The van der Waals surface area contributed by atoms with Crippen LogP contribution in [-0.4, -0.2) is 27.5 Å². The summed E-state index contributed by atoms with van der Waals surface area (Å²) in [7, 11) is 0. The third kappa shape index (κ3) is 1.80. The van der Waals surface area contributed by atoms with E-state index in [1.165, 1.54) is 4.90 Å². The molecule has 5 nitrogen and oxygen atoms in total. The molecule has 1 amide bonds. The van der Waals surface area contributed by atoms with E-state index in [9.17, 15) is 9.90 Å². The summed E-state index contributed by atoms with van der Waals surface area (Å²) in [5, 5.41) is 11.0. The van der Waals surface area contributed by atoms with Gasteiger partial charge in [0.05, 0.1) is 0 Å². The topological polar surface area (TPSA) is 62.7 Å². The van der Waals surface area contributed by atoms with Gasteiger partial charge < -0.3 is 9.84 Å². The number of hydrogen-bond acceptors (Lipinski definition) is 4. The van der Waals surface area contributed by atoms with Crippen molar-refractivity contribution in [2.45, 2.75) is 57.3 Å². The molecule has 5 heteroatoms. The number of hydrogen-bond donors (Lipinski definition) is 1. The molecule has 3 rings (SSSR count). The van der Waals surface area contributed by atoms with Crippen molar-refractivity contribution in [3.05, 3.63) is 23.9 Å². The Kier molecular flexibility index (Phi) is 2.97. The number of anilines is 1. The molecule has 108 valence electrons. The van der Waals surface area contributed by atoms with Crippen molar-refractivity contribution >= 4 is 11.9 Å². The van der Waals surface area contributed by atoms with Crippen LogP contribution in [0.3, 0.4) is 0 Å². The Balaban J connectivity index is 2.02. The Morgan fingerprint density at radius 1 is 1.30 bits per heavy atom. The van der Waals surface area contributed by atoms with Crippen molar-refractivity contribution in [3.63, 3.8) is 0 Å². The van der Waals surface area contributed by atoms with Crippen LogP contribution in [0.4, 0.5) is 10.6 Å². The number of nitrogens with zero attached hydrogens (tertiary/aromatic N) is 2. The van der Waals surface area contributed by atoms with Crippen LogP contribution in [0, 0.1) is 6.92 Å². The molecule has 0 bridgehead atoms. The van der Waals surface area contributed by atoms with E-state index in [1.54, 1.807) is 13.0 Å². The highest BCUT2D eigenvalue weighted by atomic mass is 16.6. The van der Waals surface area contributed by atoms with Crippen LogP contribution in [0.5, 0.6) is 0 Å². The van der Waals surface area contributed by atoms with E-state index in [1.807, 2.05) is 19.1 Å². The second kappa shape index (κ2) is 4.45. The number of ether oxygens (including phenoxy) is 1. The number of carbonyl (C=O) groups excluding carboxylic acids is 1. The van der Waals surface area contributed by atoms with E-state index < -0.39 is 17.4 Å². The molecular weight excluding hydrogens is 256 g/mol. The van der Waals surface area contributed by atoms with Crippen molar-refractivity contribution in [3.8, 4) is 0 Å². The van der Waals surface area contributed by atoms with Gasteiger partial charge in [-0.3, -0.25) is 0 Å². The predicted molar refractivity (Wildman–Crippen MR) is 74.4 cm³/mol. The summed E-state index contributed by atoms with van der Waals surface area (Å²) >= 11 is 0. The third-order valence-corrected chi connectivity index (χ3v) is 4.53. The summed E-state index contributed by atoms with van der Waals surface area (Å²) in [4.78, 5) is 17.9. The molecule has 1 aliphatic heterocycles. The van der Waals surface area contributed by atoms with Gasteiger partial charge in [-0.25, -0.2) is 14.7 Å². The van der Waals surface area contributed by atoms with E-state index in [-0.39, 0.29) is 0 Å². The number of aliphatic hydroxyl groups is 1. The van der Waals surface area contributed by atoms with Crippen molar-refractivity contribution in [2.24, 2.45) is 0 Å². The highest BCUT2D eigenvalue weighted by Gasteiger charge is 2.62. The van der Waals surface area contributed by atoms with Gasteiger partial charge in [-0.2, -0.15) is 0 Å². The Morgan fingerprint density at radius 2 is 2.00 bits per heavy atom. The Bertz CT molecular complexity index is 536. The summed E-state index contributed by atoms with van der Waals surface area (Å²) in [5.41, 5.74) is -1.35. The first kappa shape index (κ1) is 13.4. The van der Waals surface area contributed by atoms with Crippen molar-refractivity contribution in [1.29, 1.82) is 0 Å². The minimum atomic E-state index is -1.36. The van der Waals surface area contributed by atoms with Crippen molar-refractivity contribution < 1.29 is 14.6 Å². The zero-order chi connectivity index (χ0) is 14.4. The quantitative estimate of drug-likeness (QED) is 0.856. The lowest BCUT2D eigenvalue weighted by Gasteiger charge is -2.41. The van der Waals surface area contributed by atoms with Crippen LogP contribution in [0.25, 0.3) is 0 Å². The largest absolute Gasteiger partial charge is 0.437 e. The van der Waals surface area contributed by atoms with Crippen molar-refractivity contribution in [2.75, 3.05) is 4.90 Å². The van der Waals surface area contributed by atoms with E-state index in [2.05, 4.69) is 4.98 Å². The molecule has 1 aliphatic carbocycles. The van der Waals surface area contributed by atoms with Gasteiger partial charge >= 0.3 is 6.09 Å². The molecule has 20 heavy (non-hydrogen) atoms. The van der Waals surface area contributed by atoms with Gasteiger partial charge in [0.2, 0.25) is 0 Å². The van der Waals surface area contributed by atoms with E-state index in [4.69, 9.17) is 4.74 Å². The van der Waals surface area contributed by atoms with Crippen LogP contribution in [0.1, 0.15) is 44.7 Å². The van der Waals surface area contributed by atoms with Crippen LogP contribution < -0.4 is 4.90 Å². The van der Waals surface area contributed by atoms with Crippen LogP contribution >= 0.6 is 0 Å². The Morgan fingerprint density at radius 3 is 2.65 bits per heavy atom. The predicted octanol–water partition coefficient (Wildman–Crippen LogP) is 2.76. The van der Waals surface area contributed by atoms with E-state index >= 15 is 0 Å². The number of pyridine rings is 1. The van der Waals surface area contributed by atoms with Crippen LogP contribution in [0.2, 0.25) is 0 Å². The number of aromatic nitrogens is 1. The summed E-state index contributed by atoms with van der Waals surface area (Å²) in [5.74, 6) is 0.447. The first-order valence-corrected chi connectivity index (χ1v) is 7.16. The number of carbonyl (C=O) groups is 1. The fourth-order valence-corrected chi connectivity index (χ4v) is 3.36. The van der Waals surface area contributed by atoms with Gasteiger partial charge in [0.1, 0.15) is 5.82 Å². The van der Waals surface area contributed by atoms with Crippen LogP contribution in [0.15, 0.2) is 18.2 Å². The highest BCUT2D eigenvalue weighted by Crippen LogP contribution is 2.48. The average molecular weight is 276 g/mol. The maximum Gasteiger partial charge on any atom is 0.418 e. The molecule has 0 unspecified atom stereocenters. The number of aryl methyl sites for hydroxylation is 1. The summed E-state index contributed by atoms with van der Waals surface area (Å²) < 4.78 is 5.61. The van der Waals surface area contributed by atoms with E-state index in [0.29, 0.717) is 18.7 Å². The van der Waals surface area contributed by atoms with Gasteiger partial charge in [-0.1, -0.05) is 12.5 Å². The molecule has 1 aromatic heterocycles. The van der Waals surface area contributed by atoms with Gasteiger partial charge in [-0.15, -0.1) is 0 Å². The standard InChI is InChI=1S/C15H20N2O3/c1-11-7-6-8-12(16-11)17-13(18)20-15(14(17,2)19)9-4-3-5-10-15/h6-8,19H,3-5,9-10H2,1-2H3/t14-/m0/s1. The fraction of sp³-hybridized carbons (Fsp3) is 0.600. The normalized spacial score (nSPS) is 28.8. The van der Waals surface area contributed by atoms with Gasteiger partial charge in [-0.05, 0) is 51.7 Å². The smallest absolute Gasteiger partial charge is 0.418 e. The summed E-state index contributed by atoms with van der Waals surface area (Å²) in [6, 6.07) is 5.41. The molecule has 2 aliphatic rings. The SMILES string of the molecule is Cc1cccc(N2C(=O)OC3(CCCCC3)[C@]2(C)O)n1. The molecule has 1 atom stereocenters. The molecule has 1 saturated carbocycles. The number of amides is 1. The summed E-state index contributed by atoms with van der Waals surface area (Å²) in [6.45, 7) is 3.52. The molecule has 1 saturated heterocycles. The highest BCUT2D eigenvalue weighted by molar-refractivity contribution is 5.91. The Labute approximate surface area is 118 Å². The maximum atomic E-state index is 12.3. The lowest BCUT2D eigenvalue weighted by molar-refractivity contribution is -0.115. The zero-order valence-electron chi connectivity index (χ0n) is 11.9. The molecule has 1 spiro atoms. The van der Waals surface area contributed by atoms with Crippen LogP contribution in [-0.2, 0) is 4.74 Å². The zero-order valence-corrected chi connectivity index (χ0v) is 11.9. The lowest BCUT2D eigenvalue weighted by Crippen LogP contribution is -2.57. The second-order valence-electron chi connectivity index (χ2n) is 5.92. The third-order valence-electron chi connectivity index (χ3n) is 4.53. The van der Waals surface area contributed by atoms with Gasteiger partial charge in [0.25, 0.3) is 0 Å². The molecular formula is C15H20N2O3. The Hall–Kier alpha value is -1.62. The fourth-order valence-electron chi connectivity index (χ4n) is 3.36. The van der Waals surface area contributed by atoms with Gasteiger partial charge in [0, 0.05) is 5.69 Å². The minimum absolute atomic E-state index is 0.447. The molecule has 2 heterocycles. The first-order chi connectivity index (χ1) is 9.46. The maximum absolute atomic E-state index is 12.3. The molecule has 2 fully saturated rings. The average Bonchev–Trinajstić information content (AvgIpc) is 2.57. The molecule has 1 aromatic rings.